The monoisotopic (exact) mass is 298 g/mol. The van der Waals surface area contributed by atoms with Gasteiger partial charge in [0.2, 0.25) is 0 Å². The van der Waals surface area contributed by atoms with Gasteiger partial charge in [0.1, 0.15) is 0 Å². The minimum absolute atomic E-state index is 0.190. The topological polar surface area (TPSA) is 41.1 Å². The van der Waals surface area contributed by atoms with Crippen molar-refractivity contribution in [3.05, 3.63) is 27.7 Å². The third kappa shape index (κ3) is 4.38. The van der Waals surface area contributed by atoms with Gasteiger partial charge in [-0.15, -0.1) is 0 Å². The fourth-order valence-electron chi connectivity index (χ4n) is 1.56. The van der Waals surface area contributed by atoms with Crippen molar-refractivity contribution in [1.29, 1.82) is 0 Å². The Bertz CT molecular complexity index is 413. The zero-order chi connectivity index (χ0) is 13.2. The van der Waals surface area contributed by atoms with E-state index in [2.05, 4.69) is 26.6 Å². The van der Waals surface area contributed by atoms with E-state index in [1.165, 1.54) is 0 Å². The van der Waals surface area contributed by atoms with Gasteiger partial charge in [-0.25, -0.2) is 4.79 Å². The summed E-state index contributed by atoms with van der Waals surface area (Å²) >= 11 is 3.46. The quantitative estimate of drug-likeness (QED) is 0.809. The molecule has 0 aliphatic carbocycles. The number of hydrogen-bond acceptors (Lipinski definition) is 1. The van der Waals surface area contributed by atoms with Gasteiger partial charge in [-0.1, -0.05) is 6.07 Å². The fraction of sp³-hybridized carbons (Fsp3) is 0.462. The third-order valence-electron chi connectivity index (χ3n) is 2.16. The summed E-state index contributed by atoms with van der Waals surface area (Å²) in [6.07, 6.45) is 0. The summed E-state index contributed by atoms with van der Waals surface area (Å²) in [5.41, 5.74) is 2.78. The van der Waals surface area contributed by atoms with Crippen molar-refractivity contribution in [2.75, 3.05) is 5.32 Å². The van der Waals surface area contributed by atoms with Gasteiger partial charge in [-0.05, 0) is 67.7 Å². The molecule has 0 aromatic heterocycles. The second kappa shape index (κ2) is 5.08. The molecule has 0 heterocycles. The Morgan fingerprint density at radius 1 is 1.24 bits per heavy atom. The molecule has 2 amide bonds. The molecule has 1 aromatic carbocycles. The van der Waals surface area contributed by atoms with E-state index in [9.17, 15) is 4.79 Å². The number of carbonyl (C=O) groups is 1. The highest BCUT2D eigenvalue weighted by Gasteiger charge is 2.15. The Balaban J connectivity index is 2.86. The number of nitrogens with one attached hydrogen (secondary N) is 2. The first-order chi connectivity index (χ1) is 7.69. The van der Waals surface area contributed by atoms with Crippen molar-refractivity contribution in [1.82, 2.24) is 5.32 Å². The molecule has 0 aliphatic rings. The number of hydrogen-bond donors (Lipinski definition) is 2. The number of anilines is 1. The van der Waals surface area contributed by atoms with E-state index >= 15 is 0 Å². The van der Waals surface area contributed by atoms with Crippen molar-refractivity contribution < 1.29 is 4.79 Å². The zero-order valence-electron chi connectivity index (χ0n) is 10.9. The van der Waals surface area contributed by atoms with Crippen LogP contribution in [0.1, 0.15) is 31.9 Å². The van der Waals surface area contributed by atoms with E-state index in [1.54, 1.807) is 0 Å². The van der Waals surface area contributed by atoms with Crippen LogP contribution in [-0.2, 0) is 0 Å². The Labute approximate surface area is 111 Å². The van der Waals surface area contributed by atoms with Crippen molar-refractivity contribution in [2.45, 2.75) is 40.2 Å². The van der Waals surface area contributed by atoms with Crippen LogP contribution in [0.25, 0.3) is 0 Å². The SMILES string of the molecule is Cc1cc(C)c(NC(=O)NC(C)(C)C)c(Br)c1. The first-order valence-corrected chi connectivity index (χ1v) is 6.34. The standard InChI is InChI=1S/C13H19BrN2O/c1-8-6-9(2)11(10(14)7-8)15-12(17)16-13(3,4)5/h6-7H,1-5H3,(H2,15,16,17). The minimum atomic E-state index is -0.241. The number of aryl methyl sites for hydroxylation is 2. The molecule has 0 aliphatic heterocycles. The van der Waals surface area contributed by atoms with Crippen LogP contribution in [0.5, 0.6) is 0 Å². The molecule has 17 heavy (non-hydrogen) atoms. The highest BCUT2D eigenvalue weighted by molar-refractivity contribution is 9.10. The predicted octanol–water partition coefficient (Wildman–Crippen LogP) is 3.99. The lowest BCUT2D eigenvalue weighted by Gasteiger charge is -2.21. The Hall–Kier alpha value is -1.03. The average molecular weight is 299 g/mol. The lowest BCUT2D eigenvalue weighted by atomic mass is 10.1. The maximum absolute atomic E-state index is 11.8. The third-order valence-corrected chi connectivity index (χ3v) is 2.78. The molecular weight excluding hydrogens is 280 g/mol. The highest BCUT2D eigenvalue weighted by Crippen LogP contribution is 2.27. The maximum Gasteiger partial charge on any atom is 0.319 e. The van der Waals surface area contributed by atoms with Crippen LogP contribution in [-0.4, -0.2) is 11.6 Å². The molecule has 94 valence electrons. The summed E-state index contributed by atoms with van der Waals surface area (Å²) in [5.74, 6) is 0. The Morgan fingerprint density at radius 3 is 2.29 bits per heavy atom. The van der Waals surface area contributed by atoms with Crippen LogP contribution in [0, 0.1) is 13.8 Å². The van der Waals surface area contributed by atoms with Crippen LogP contribution >= 0.6 is 15.9 Å². The van der Waals surface area contributed by atoms with E-state index in [0.717, 1.165) is 21.3 Å². The Morgan fingerprint density at radius 2 is 1.82 bits per heavy atom. The molecule has 4 heteroatoms. The normalized spacial score (nSPS) is 11.2. The van der Waals surface area contributed by atoms with Crippen molar-refractivity contribution >= 4 is 27.6 Å². The molecule has 3 nitrogen and oxygen atoms in total. The van der Waals surface area contributed by atoms with Crippen LogP contribution in [0.2, 0.25) is 0 Å². The molecule has 0 radical (unpaired) electrons. The minimum Gasteiger partial charge on any atom is -0.333 e. The van der Waals surface area contributed by atoms with E-state index in [-0.39, 0.29) is 11.6 Å². The number of amides is 2. The second-order valence-corrected chi connectivity index (χ2v) is 6.12. The van der Waals surface area contributed by atoms with E-state index in [4.69, 9.17) is 0 Å². The first kappa shape index (κ1) is 14.0. The number of halogens is 1. The van der Waals surface area contributed by atoms with Gasteiger partial charge in [-0.2, -0.15) is 0 Å². The fourth-order valence-corrected chi connectivity index (χ4v) is 2.33. The van der Waals surface area contributed by atoms with Crippen LogP contribution in [0.15, 0.2) is 16.6 Å². The van der Waals surface area contributed by atoms with Crippen LogP contribution in [0.4, 0.5) is 10.5 Å². The molecule has 0 bridgehead atoms. The Kier molecular flexibility index (Phi) is 4.20. The van der Waals surface area contributed by atoms with Gasteiger partial charge >= 0.3 is 6.03 Å². The first-order valence-electron chi connectivity index (χ1n) is 5.55. The summed E-state index contributed by atoms with van der Waals surface area (Å²) in [7, 11) is 0. The molecule has 0 saturated carbocycles. The van der Waals surface area contributed by atoms with Crippen LogP contribution in [0.3, 0.4) is 0 Å². The molecular formula is C13H19BrN2O. The molecule has 0 saturated heterocycles. The molecule has 1 rings (SSSR count). The van der Waals surface area contributed by atoms with Gasteiger partial charge in [0.15, 0.2) is 0 Å². The molecule has 0 spiro atoms. The van der Waals surface area contributed by atoms with Gasteiger partial charge in [0, 0.05) is 10.0 Å². The molecule has 0 atom stereocenters. The van der Waals surface area contributed by atoms with Crippen LogP contribution < -0.4 is 10.6 Å². The second-order valence-electron chi connectivity index (χ2n) is 5.27. The lowest BCUT2D eigenvalue weighted by Crippen LogP contribution is -2.43. The van der Waals surface area contributed by atoms with E-state index in [0.29, 0.717) is 0 Å². The lowest BCUT2D eigenvalue weighted by molar-refractivity contribution is 0.244. The van der Waals surface area contributed by atoms with Gasteiger partial charge < -0.3 is 10.6 Å². The number of carbonyl (C=O) groups excluding carboxylic acids is 1. The summed E-state index contributed by atoms with van der Waals surface area (Å²) in [5, 5.41) is 5.73. The van der Waals surface area contributed by atoms with Crippen molar-refractivity contribution in [2.24, 2.45) is 0 Å². The van der Waals surface area contributed by atoms with Gasteiger partial charge in [0.05, 0.1) is 5.69 Å². The smallest absolute Gasteiger partial charge is 0.319 e. The summed E-state index contributed by atoms with van der Waals surface area (Å²) in [6, 6.07) is 3.84. The number of urea groups is 1. The van der Waals surface area contributed by atoms with E-state index < -0.39 is 0 Å². The molecule has 1 aromatic rings. The average Bonchev–Trinajstić information content (AvgIpc) is 2.08. The number of benzene rings is 1. The van der Waals surface area contributed by atoms with Gasteiger partial charge in [-0.3, -0.25) is 0 Å². The predicted molar refractivity (Wildman–Crippen MR) is 75.5 cm³/mol. The summed E-state index contributed by atoms with van der Waals surface area (Å²) in [6.45, 7) is 9.85. The maximum atomic E-state index is 11.8. The van der Waals surface area contributed by atoms with Gasteiger partial charge in [0.25, 0.3) is 0 Å². The highest BCUT2D eigenvalue weighted by atomic mass is 79.9. The summed E-state index contributed by atoms with van der Waals surface area (Å²) in [4.78, 5) is 11.8. The van der Waals surface area contributed by atoms with E-state index in [1.807, 2.05) is 46.8 Å². The number of rotatable bonds is 1. The largest absolute Gasteiger partial charge is 0.333 e. The molecule has 0 unspecified atom stereocenters. The van der Waals surface area contributed by atoms with Crippen molar-refractivity contribution in [3.63, 3.8) is 0 Å². The molecule has 0 fully saturated rings. The zero-order valence-corrected chi connectivity index (χ0v) is 12.5. The summed E-state index contributed by atoms with van der Waals surface area (Å²) < 4.78 is 0.902. The van der Waals surface area contributed by atoms with Crippen molar-refractivity contribution in [3.8, 4) is 0 Å². The molecule has 2 N–H and O–H groups in total.